The first-order valence-corrected chi connectivity index (χ1v) is 5.61. The van der Waals surface area contributed by atoms with Crippen LogP contribution in [0, 0.1) is 18.6 Å². The summed E-state index contributed by atoms with van der Waals surface area (Å²) >= 11 is 0. The van der Waals surface area contributed by atoms with Crippen LogP contribution in [-0.4, -0.2) is 24.7 Å². The van der Waals surface area contributed by atoms with Crippen LogP contribution >= 0.6 is 0 Å². The van der Waals surface area contributed by atoms with E-state index in [0.717, 1.165) is 16.6 Å². The Kier molecular flexibility index (Phi) is 2.53. The van der Waals surface area contributed by atoms with Crippen molar-refractivity contribution in [1.29, 1.82) is 0 Å². The van der Waals surface area contributed by atoms with Gasteiger partial charge in [-0.3, -0.25) is 9.78 Å². The maximum Gasteiger partial charge on any atom is 0.264 e. The summed E-state index contributed by atoms with van der Waals surface area (Å²) in [6.07, 6.45) is 0. The lowest BCUT2D eigenvalue weighted by molar-refractivity contribution is 0.435. The number of aromatic amines is 1. The van der Waals surface area contributed by atoms with Crippen LogP contribution in [0.5, 0.6) is 5.88 Å². The van der Waals surface area contributed by atoms with E-state index in [0.29, 0.717) is 11.9 Å². The number of halogens is 2. The van der Waals surface area contributed by atoms with Gasteiger partial charge in [0, 0.05) is 11.6 Å². The molecule has 0 bridgehead atoms. The first kappa shape index (κ1) is 12.3. The molecular formula is C12H8F2N4O2. The Morgan fingerprint density at radius 3 is 2.80 bits per heavy atom. The fourth-order valence-electron chi connectivity index (χ4n) is 1.95. The van der Waals surface area contributed by atoms with Gasteiger partial charge in [-0.25, -0.2) is 8.78 Å². The molecular weight excluding hydrogens is 270 g/mol. The fraction of sp³-hybridized carbons (Fsp3) is 0.0833. The maximum atomic E-state index is 13.8. The number of hydrogen-bond acceptors (Lipinski definition) is 4. The zero-order valence-electron chi connectivity index (χ0n) is 10.2. The predicted octanol–water partition coefficient (Wildman–Crippen LogP) is 1.38. The molecule has 102 valence electrons. The second-order valence-electron chi connectivity index (χ2n) is 4.17. The van der Waals surface area contributed by atoms with Crippen LogP contribution in [0.2, 0.25) is 0 Å². The third kappa shape index (κ3) is 1.73. The van der Waals surface area contributed by atoms with Gasteiger partial charge in [-0.05, 0) is 19.1 Å². The highest BCUT2D eigenvalue weighted by molar-refractivity contribution is 5.69. The quantitative estimate of drug-likeness (QED) is 0.704. The number of nitrogens with zero attached hydrogens (tertiary/aromatic N) is 3. The van der Waals surface area contributed by atoms with Gasteiger partial charge in [0.15, 0.2) is 0 Å². The number of hydrogen-bond donors (Lipinski definition) is 2. The Morgan fingerprint density at radius 1 is 1.35 bits per heavy atom. The monoisotopic (exact) mass is 278 g/mol. The molecule has 0 atom stereocenters. The van der Waals surface area contributed by atoms with Gasteiger partial charge in [0.25, 0.3) is 5.56 Å². The summed E-state index contributed by atoms with van der Waals surface area (Å²) in [5.41, 5.74) is -1.30. The van der Waals surface area contributed by atoms with Crippen LogP contribution in [0.1, 0.15) is 5.82 Å². The third-order valence-electron chi connectivity index (χ3n) is 2.79. The van der Waals surface area contributed by atoms with E-state index in [9.17, 15) is 18.7 Å². The number of H-pyrrole nitrogens is 1. The molecule has 6 nitrogen and oxygen atoms in total. The number of aromatic nitrogens is 4. The Hall–Kier alpha value is -2.77. The Morgan fingerprint density at radius 2 is 2.10 bits per heavy atom. The number of aromatic hydroxyl groups is 1. The summed E-state index contributed by atoms with van der Waals surface area (Å²) in [6, 6.07) is 2.70. The van der Waals surface area contributed by atoms with Crippen molar-refractivity contribution in [2.45, 2.75) is 6.92 Å². The predicted molar refractivity (Wildman–Crippen MR) is 65.4 cm³/mol. The summed E-state index contributed by atoms with van der Waals surface area (Å²) in [5, 5.41) is 13.9. The molecule has 0 amide bonds. The largest absolute Gasteiger partial charge is 0.493 e. The number of benzene rings is 1. The van der Waals surface area contributed by atoms with Crippen LogP contribution in [0.25, 0.3) is 16.9 Å². The molecule has 0 aliphatic carbocycles. The van der Waals surface area contributed by atoms with Crippen LogP contribution in [-0.2, 0) is 0 Å². The second kappa shape index (κ2) is 4.12. The minimum atomic E-state index is -0.956. The van der Waals surface area contributed by atoms with Gasteiger partial charge in [-0.15, -0.1) is 5.10 Å². The summed E-state index contributed by atoms with van der Waals surface area (Å²) < 4.78 is 27.6. The summed E-state index contributed by atoms with van der Waals surface area (Å²) in [6.45, 7) is 1.57. The van der Waals surface area contributed by atoms with E-state index >= 15 is 0 Å². The molecule has 0 saturated heterocycles. The van der Waals surface area contributed by atoms with Crippen LogP contribution in [0.15, 0.2) is 23.0 Å². The standard InChI is InChI=1S/C12H8F2N4O2/c1-5-15-12-16-10(19)9(11(20)18(12)17-5)7-3-2-6(13)4-8(7)14/h2-4,20H,1H3,(H,15,16,17,19). The molecule has 0 spiro atoms. The topological polar surface area (TPSA) is 83.3 Å². The fourth-order valence-corrected chi connectivity index (χ4v) is 1.95. The van der Waals surface area contributed by atoms with Crippen molar-refractivity contribution in [3.63, 3.8) is 0 Å². The molecule has 0 fully saturated rings. The van der Waals surface area contributed by atoms with Gasteiger partial charge in [-0.2, -0.15) is 9.50 Å². The van der Waals surface area contributed by atoms with Gasteiger partial charge in [-0.1, -0.05) is 0 Å². The molecule has 2 heterocycles. The number of rotatable bonds is 1. The lowest BCUT2D eigenvalue weighted by atomic mass is 10.1. The highest BCUT2D eigenvalue weighted by Crippen LogP contribution is 2.27. The molecule has 0 aliphatic rings. The lowest BCUT2D eigenvalue weighted by Gasteiger charge is -2.06. The minimum Gasteiger partial charge on any atom is -0.493 e. The van der Waals surface area contributed by atoms with Crippen molar-refractivity contribution in [1.82, 2.24) is 19.6 Å². The molecule has 2 aromatic heterocycles. The molecule has 0 radical (unpaired) electrons. The van der Waals surface area contributed by atoms with Crippen molar-refractivity contribution < 1.29 is 13.9 Å². The van der Waals surface area contributed by atoms with E-state index in [1.807, 2.05) is 0 Å². The Balaban J connectivity index is 2.38. The Labute approximate surface area is 110 Å². The van der Waals surface area contributed by atoms with Crippen molar-refractivity contribution in [2.75, 3.05) is 0 Å². The zero-order valence-corrected chi connectivity index (χ0v) is 10.2. The first-order chi connectivity index (χ1) is 9.47. The average molecular weight is 278 g/mol. The molecule has 0 unspecified atom stereocenters. The highest BCUT2D eigenvalue weighted by Gasteiger charge is 2.19. The maximum absolute atomic E-state index is 13.8. The molecule has 8 heteroatoms. The lowest BCUT2D eigenvalue weighted by Crippen LogP contribution is -2.13. The summed E-state index contributed by atoms with van der Waals surface area (Å²) in [7, 11) is 0. The number of aryl methyl sites for hydroxylation is 1. The van der Waals surface area contributed by atoms with Gasteiger partial charge in [0.05, 0.1) is 0 Å². The van der Waals surface area contributed by atoms with Gasteiger partial charge in [0.2, 0.25) is 11.7 Å². The van der Waals surface area contributed by atoms with E-state index in [1.165, 1.54) is 0 Å². The number of fused-ring (bicyclic) bond motifs is 1. The zero-order chi connectivity index (χ0) is 14.4. The molecule has 2 N–H and O–H groups in total. The van der Waals surface area contributed by atoms with Crippen LogP contribution in [0.4, 0.5) is 8.78 Å². The van der Waals surface area contributed by atoms with Gasteiger partial charge in [0.1, 0.15) is 23.0 Å². The van der Waals surface area contributed by atoms with Gasteiger partial charge < -0.3 is 5.11 Å². The molecule has 1 aromatic carbocycles. The van der Waals surface area contributed by atoms with Crippen molar-refractivity contribution >= 4 is 5.78 Å². The van der Waals surface area contributed by atoms with Crippen molar-refractivity contribution in [2.24, 2.45) is 0 Å². The van der Waals surface area contributed by atoms with Crippen LogP contribution in [0.3, 0.4) is 0 Å². The molecule has 3 rings (SSSR count). The van der Waals surface area contributed by atoms with E-state index in [-0.39, 0.29) is 16.9 Å². The van der Waals surface area contributed by atoms with E-state index in [4.69, 9.17) is 0 Å². The number of nitrogens with one attached hydrogen (secondary N) is 1. The Bertz CT molecular complexity index is 885. The van der Waals surface area contributed by atoms with E-state index < -0.39 is 23.1 Å². The molecule has 3 aromatic rings. The molecule has 20 heavy (non-hydrogen) atoms. The molecule has 0 saturated carbocycles. The van der Waals surface area contributed by atoms with Gasteiger partial charge >= 0.3 is 0 Å². The molecule has 0 aliphatic heterocycles. The summed E-state index contributed by atoms with van der Waals surface area (Å²) in [4.78, 5) is 18.2. The van der Waals surface area contributed by atoms with E-state index in [2.05, 4.69) is 15.1 Å². The van der Waals surface area contributed by atoms with Crippen LogP contribution < -0.4 is 5.56 Å². The summed E-state index contributed by atoms with van der Waals surface area (Å²) in [5.74, 6) is -1.93. The second-order valence-corrected chi connectivity index (χ2v) is 4.17. The normalized spacial score (nSPS) is 11.2. The van der Waals surface area contributed by atoms with E-state index in [1.54, 1.807) is 6.92 Å². The highest BCUT2D eigenvalue weighted by atomic mass is 19.1. The average Bonchev–Trinajstić information content (AvgIpc) is 2.72. The third-order valence-corrected chi connectivity index (χ3v) is 2.79. The SMILES string of the molecule is Cc1nc2[nH]c(=O)c(-c3ccc(F)cc3F)c(O)n2n1. The smallest absolute Gasteiger partial charge is 0.264 e. The first-order valence-electron chi connectivity index (χ1n) is 5.61. The minimum absolute atomic E-state index is 0.0382. The van der Waals surface area contributed by atoms with Crippen molar-refractivity contribution in [3.8, 4) is 17.0 Å². The van der Waals surface area contributed by atoms with Crippen molar-refractivity contribution in [3.05, 3.63) is 46.0 Å².